The Labute approximate surface area is 114 Å². The van der Waals surface area contributed by atoms with E-state index in [0.29, 0.717) is 6.54 Å². The zero-order chi connectivity index (χ0) is 13.5. The molecule has 4 heteroatoms. The number of halogens is 1. The van der Waals surface area contributed by atoms with Gasteiger partial charge in [-0.2, -0.15) is 0 Å². The number of hydrogen-bond donors (Lipinski definition) is 1. The number of hydrogen-bond acceptors (Lipinski definition) is 2. The normalized spacial score (nSPS) is 12.2. The minimum absolute atomic E-state index is 0.141. The van der Waals surface area contributed by atoms with Crippen LogP contribution >= 0.6 is 11.6 Å². The molecule has 1 aromatic carbocycles. The van der Waals surface area contributed by atoms with Crippen LogP contribution in [0.5, 0.6) is 0 Å². The first kappa shape index (κ1) is 15.0. The summed E-state index contributed by atoms with van der Waals surface area (Å²) < 4.78 is 0. The van der Waals surface area contributed by atoms with Gasteiger partial charge in [0.05, 0.1) is 6.04 Å². The SMILES string of the molecule is CCN(CC)C(=O)C(C)NCc1cccc(Cl)c1. The zero-order valence-electron chi connectivity index (χ0n) is 11.2. The minimum atomic E-state index is -0.177. The fourth-order valence-corrected chi connectivity index (χ4v) is 2.03. The van der Waals surface area contributed by atoms with Crippen LogP contribution in [-0.4, -0.2) is 29.9 Å². The van der Waals surface area contributed by atoms with Gasteiger partial charge in [0, 0.05) is 24.7 Å². The van der Waals surface area contributed by atoms with Crippen molar-refractivity contribution in [2.24, 2.45) is 0 Å². The lowest BCUT2D eigenvalue weighted by Gasteiger charge is -2.23. The minimum Gasteiger partial charge on any atom is -0.342 e. The van der Waals surface area contributed by atoms with E-state index >= 15 is 0 Å². The van der Waals surface area contributed by atoms with Crippen LogP contribution in [0, 0.1) is 0 Å². The molecule has 0 saturated carbocycles. The quantitative estimate of drug-likeness (QED) is 0.860. The summed E-state index contributed by atoms with van der Waals surface area (Å²) in [5, 5.41) is 3.94. The third-order valence-corrected chi connectivity index (χ3v) is 3.18. The molecule has 1 N–H and O–H groups in total. The van der Waals surface area contributed by atoms with Crippen molar-refractivity contribution in [3.05, 3.63) is 34.9 Å². The molecule has 1 amide bonds. The molecular formula is C14H21ClN2O. The predicted molar refractivity (Wildman–Crippen MR) is 75.7 cm³/mol. The van der Waals surface area contributed by atoms with E-state index in [9.17, 15) is 4.79 Å². The molecule has 18 heavy (non-hydrogen) atoms. The van der Waals surface area contributed by atoms with E-state index < -0.39 is 0 Å². The summed E-state index contributed by atoms with van der Waals surface area (Å²) in [5.74, 6) is 0.141. The Hall–Kier alpha value is -1.06. The number of carbonyl (C=O) groups excluding carboxylic acids is 1. The fraction of sp³-hybridized carbons (Fsp3) is 0.500. The maximum absolute atomic E-state index is 12.0. The molecule has 1 rings (SSSR count). The molecule has 3 nitrogen and oxygen atoms in total. The van der Waals surface area contributed by atoms with Crippen LogP contribution in [0.4, 0.5) is 0 Å². The fourth-order valence-electron chi connectivity index (χ4n) is 1.81. The van der Waals surface area contributed by atoms with E-state index in [1.807, 2.05) is 49.9 Å². The van der Waals surface area contributed by atoms with Crippen LogP contribution in [0.25, 0.3) is 0 Å². The van der Waals surface area contributed by atoms with E-state index in [0.717, 1.165) is 23.7 Å². The molecular weight excluding hydrogens is 248 g/mol. The molecule has 0 bridgehead atoms. The zero-order valence-corrected chi connectivity index (χ0v) is 12.0. The van der Waals surface area contributed by atoms with Crippen molar-refractivity contribution < 1.29 is 4.79 Å². The Kier molecular flexibility index (Phi) is 6.16. The number of benzene rings is 1. The molecule has 0 aliphatic heterocycles. The standard InChI is InChI=1S/C14H21ClN2O/c1-4-17(5-2)14(18)11(3)16-10-12-7-6-8-13(15)9-12/h6-9,11,16H,4-5,10H2,1-3H3. The molecule has 0 fully saturated rings. The first-order valence-corrected chi connectivity index (χ1v) is 6.72. The van der Waals surface area contributed by atoms with Gasteiger partial charge in [-0.1, -0.05) is 23.7 Å². The van der Waals surface area contributed by atoms with Gasteiger partial charge in [0.25, 0.3) is 0 Å². The number of carbonyl (C=O) groups is 1. The van der Waals surface area contributed by atoms with Gasteiger partial charge in [0.1, 0.15) is 0 Å². The number of rotatable bonds is 6. The topological polar surface area (TPSA) is 32.3 Å². The van der Waals surface area contributed by atoms with Gasteiger partial charge in [-0.05, 0) is 38.5 Å². The smallest absolute Gasteiger partial charge is 0.239 e. The van der Waals surface area contributed by atoms with Crippen LogP contribution in [0.2, 0.25) is 5.02 Å². The second-order valence-electron chi connectivity index (χ2n) is 4.24. The summed E-state index contributed by atoms with van der Waals surface area (Å²) in [6.45, 7) is 8.02. The highest BCUT2D eigenvalue weighted by molar-refractivity contribution is 6.30. The lowest BCUT2D eigenvalue weighted by Crippen LogP contribution is -2.44. The molecule has 0 heterocycles. The molecule has 0 spiro atoms. The molecule has 0 radical (unpaired) electrons. The van der Waals surface area contributed by atoms with Gasteiger partial charge in [0.2, 0.25) is 5.91 Å². The van der Waals surface area contributed by atoms with Crippen LogP contribution in [0.3, 0.4) is 0 Å². The molecule has 1 atom stereocenters. The third-order valence-electron chi connectivity index (χ3n) is 2.95. The summed E-state index contributed by atoms with van der Waals surface area (Å²) in [7, 11) is 0. The first-order valence-electron chi connectivity index (χ1n) is 6.35. The lowest BCUT2D eigenvalue weighted by atomic mass is 10.2. The van der Waals surface area contributed by atoms with E-state index in [-0.39, 0.29) is 11.9 Å². The Balaban J connectivity index is 2.50. The van der Waals surface area contributed by atoms with Gasteiger partial charge < -0.3 is 10.2 Å². The van der Waals surface area contributed by atoms with E-state index in [1.54, 1.807) is 0 Å². The van der Waals surface area contributed by atoms with E-state index in [2.05, 4.69) is 5.32 Å². The summed E-state index contributed by atoms with van der Waals surface area (Å²) in [6.07, 6.45) is 0. The van der Waals surface area contributed by atoms with Gasteiger partial charge in [-0.25, -0.2) is 0 Å². The van der Waals surface area contributed by atoms with Crippen molar-refractivity contribution >= 4 is 17.5 Å². The van der Waals surface area contributed by atoms with Crippen molar-refractivity contribution in [2.45, 2.75) is 33.4 Å². The summed E-state index contributed by atoms with van der Waals surface area (Å²) in [5.41, 5.74) is 1.08. The van der Waals surface area contributed by atoms with Crippen molar-refractivity contribution in [3.63, 3.8) is 0 Å². The largest absolute Gasteiger partial charge is 0.342 e. The molecule has 0 aliphatic carbocycles. The van der Waals surface area contributed by atoms with E-state index in [4.69, 9.17) is 11.6 Å². The average Bonchev–Trinajstić information content (AvgIpc) is 2.37. The molecule has 1 aromatic rings. The Morgan fingerprint density at radius 1 is 1.39 bits per heavy atom. The monoisotopic (exact) mass is 268 g/mol. The average molecular weight is 269 g/mol. The molecule has 0 aromatic heterocycles. The number of likely N-dealkylation sites (N-methyl/N-ethyl adjacent to an activating group) is 1. The maximum Gasteiger partial charge on any atom is 0.239 e. The first-order chi connectivity index (χ1) is 8.58. The van der Waals surface area contributed by atoms with Crippen molar-refractivity contribution in [2.75, 3.05) is 13.1 Å². The van der Waals surface area contributed by atoms with Crippen molar-refractivity contribution in [3.8, 4) is 0 Å². The summed E-state index contributed by atoms with van der Waals surface area (Å²) in [6, 6.07) is 7.48. The molecule has 0 saturated heterocycles. The Morgan fingerprint density at radius 2 is 2.06 bits per heavy atom. The summed E-state index contributed by atoms with van der Waals surface area (Å²) in [4.78, 5) is 13.9. The lowest BCUT2D eigenvalue weighted by molar-refractivity contribution is -0.132. The second kappa shape index (κ2) is 7.39. The number of amides is 1. The summed E-state index contributed by atoms with van der Waals surface area (Å²) >= 11 is 5.92. The van der Waals surface area contributed by atoms with Gasteiger partial charge in [-0.15, -0.1) is 0 Å². The molecule has 1 unspecified atom stereocenters. The Bertz CT molecular complexity index is 391. The maximum atomic E-state index is 12.0. The van der Waals surface area contributed by atoms with E-state index in [1.165, 1.54) is 0 Å². The highest BCUT2D eigenvalue weighted by Gasteiger charge is 2.17. The van der Waals surface area contributed by atoms with Gasteiger partial charge >= 0.3 is 0 Å². The molecule has 0 aliphatic rings. The van der Waals surface area contributed by atoms with Crippen LogP contribution in [0.15, 0.2) is 24.3 Å². The van der Waals surface area contributed by atoms with Crippen molar-refractivity contribution in [1.82, 2.24) is 10.2 Å². The van der Waals surface area contributed by atoms with Gasteiger partial charge in [-0.3, -0.25) is 4.79 Å². The third kappa shape index (κ3) is 4.31. The highest BCUT2D eigenvalue weighted by Crippen LogP contribution is 2.10. The van der Waals surface area contributed by atoms with Crippen molar-refractivity contribution in [1.29, 1.82) is 0 Å². The van der Waals surface area contributed by atoms with Crippen LogP contribution < -0.4 is 5.32 Å². The predicted octanol–water partition coefficient (Wildman–Crippen LogP) is 2.69. The van der Waals surface area contributed by atoms with Gasteiger partial charge in [0.15, 0.2) is 0 Å². The number of nitrogens with one attached hydrogen (secondary N) is 1. The highest BCUT2D eigenvalue weighted by atomic mass is 35.5. The molecule has 100 valence electrons. The van der Waals surface area contributed by atoms with Crippen LogP contribution in [-0.2, 0) is 11.3 Å². The van der Waals surface area contributed by atoms with Crippen LogP contribution in [0.1, 0.15) is 26.3 Å². The second-order valence-corrected chi connectivity index (χ2v) is 4.68. The Morgan fingerprint density at radius 3 is 2.61 bits per heavy atom. The number of nitrogens with zero attached hydrogens (tertiary/aromatic N) is 1.